The second-order valence-electron chi connectivity index (χ2n) is 12.9. The maximum absolute atomic E-state index is 13.9. The number of aryl methyl sites for hydroxylation is 1. The van der Waals surface area contributed by atoms with E-state index >= 15 is 0 Å². The molecule has 0 amide bonds. The molecule has 2 aromatic heterocycles. The number of pyridine rings is 1. The van der Waals surface area contributed by atoms with Crippen LogP contribution >= 0.6 is 0 Å². The van der Waals surface area contributed by atoms with Crippen LogP contribution in [0.1, 0.15) is 61.3 Å². The Morgan fingerprint density at radius 2 is 1.27 bits per heavy atom. The largest absolute Gasteiger partial charge is 0.466 e. The maximum atomic E-state index is 13.9. The number of aliphatic hydroxyl groups is 1. The van der Waals surface area contributed by atoms with Crippen molar-refractivity contribution in [2.24, 2.45) is 0 Å². The predicted octanol–water partition coefficient (Wildman–Crippen LogP) is 6.57. The number of aromatic nitrogens is 2. The van der Waals surface area contributed by atoms with Crippen LogP contribution in [-0.4, -0.2) is 76.2 Å². The number of carbonyl (C=O) groups is 4. The van der Waals surface area contributed by atoms with Gasteiger partial charge in [-0.1, -0.05) is 86.1 Å². The molecule has 280 valence electrons. The van der Waals surface area contributed by atoms with Crippen LogP contribution in [-0.2, 0) is 25.5 Å². The van der Waals surface area contributed by atoms with Gasteiger partial charge in [-0.3, -0.25) is 4.79 Å². The molecule has 5 atom stereocenters. The highest BCUT2D eigenvalue weighted by Crippen LogP contribution is 2.38. The molecular weight excluding hydrogens is 704 g/mol. The van der Waals surface area contributed by atoms with Crippen LogP contribution in [0.3, 0.4) is 0 Å². The molecule has 6 aromatic rings. The fraction of sp³-hybridized carbons (Fsp3) is 0.233. The summed E-state index contributed by atoms with van der Waals surface area (Å²) in [5.41, 5.74) is 2.01. The average Bonchev–Trinajstić information content (AvgIpc) is 3.55. The highest BCUT2D eigenvalue weighted by molar-refractivity contribution is 6.10. The third-order valence-electron chi connectivity index (χ3n) is 9.35. The highest BCUT2D eigenvalue weighted by Gasteiger charge is 2.54. The van der Waals surface area contributed by atoms with Crippen LogP contribution in [0, 0.1) is 0 Å². The molecule has 55 heavy (non-hydrogen) atoms. The summed E-state index contributed by atoms with van der Waals surface area (Å²) in [5.74, 6) is -2.48. The van der Waals surface area contributed by atoms with Crippen molar-refractivity contribution in [2.75, 3.05) is 6.61 Å². The van der Waals surface area contributed by atoms with E-state index in [9.17, 15) is 24.3 Å². The fourth-order valence-electron chi connectivity index (χ4n) is 6.68. The number of fused-ring (bicyclic) bond motifs is 3. The highest BCUT2D eigenvalue weighted by atomic mass is 16.7. The predicted molar refractivity (Wildman–Crippen MR) is 201 cm³/mol. The van der Waals surface area contributed by atoms with Gasteiger partial charge < -0.3 is 33.4 Å². The van der Waals surface area contributed by atoms with Gasteiger partial charge in [0.25, 0.3) is 0 Å². The van der Waals surface area contributed by atoms with Crippen molar-refractivity contribution in [3.8, 4) is 5.88 Å². The number of hydrogen-bond donors (Lipinski definition) is 1. The summed E-state index contributed by atoms with van der Waals surface area (Å²) >= 11 is 0. The third-order valence-corrected chi connectivity index (χ3v) is 9.35. The van der Waals surface area contributed by atoms with Gasteiger partial charge in [0.2, 0.25) is 18.3 Å². The Labute approximate surface area is 316 Å². The molecular formula is C43H38N2O10. The van der Waals surface area contributed by atoms with Gasteiger partial charge in [0.15, 0.2) is 18.5 Å². The van der Waals surface area contributed by atoms with Crippen molar-refractivity contribution in [2.45, 2.75) is 57.0 Å². The molecule has 0 saturated carbocycles. The summed E-state index contributed by atoms with van der Waals surface area (Å²) in [6, 6.07) is 33.7. The van der Waals surface area contributed by atoms with Crippen molar-refractivity contribution < 1.29 is 48.0 Å². The smallest absolute Gasteiger partial charge is 0.340 e. The number of unbranched alkanes of at least 4 members (excludes halogenated alkanes) is 1. The topological polar surface area (TPSA) is 152 Å². The minimum atomic E-state index is -1.68. The van der Waals surface area contributed by atoms with Gasteiger partial charge in [0.1, 0.15) is 17.3 Å². The number of hydrogen-bond acceptors (Lipinski definition) is 11. The Morgan fingerprint density at radius 3 is 1.84 bits per heavy atom. The second-order valence-corrected chi connectivity index (χ2v) is 12.9. The summed E-state index contributed by atoms with van der Waals surface area (Å²) in [6.07, 6.45) is -5.33. The minimum absolute atomic E-state index is 0.00687. The Balaban J connectivity index is 1.37. The lowest BCUT2D eigenvalue weighted by atomic mass is 9.97. The van der Waals surface area contributed by atoms with Gasteiger partial charge >= 0.3 is 17.9 Å². The van der Waals surface area contributed by atoms with Crippen LogP contribution in [0.5, 0.6) is 5.88 Å². The lowest BCUT2D eigenvalue weighted by Crippen LogP contribution is -2.63. The number of rotatable bonds is 13. The van der Waals surface area contributed by atoms with E-state index in [0.29, 0.717) is 23.7 Å². The van der Waals surface area contributed by atoms with Crippen molar-refractivity contribution in [1.82, 2.24) is 9.55 Å². The molecule has 1 N–H and O–H groups in total. The van der Waals surface area contributed by atoms with Crippen LogP contribution in [0.4, 0.5) is 0 Å². The Hall–Kier alpha value is -6.37. The summed E-state index contributed by atoms with van der Waals surface area (Å²) in [5, 5.41) is 12.4. The summed E-state index contributed by atoms with van der Waals surface area (Å²) < 4.78 is 33.0. The zero-order valence-corrected chi connectivity index (χ0v) is 29.9. The van der Waals surface area contributed by atoms with E-state index in [1.54, 1.807) is 72.8 Å². The summed E-state index contributed by atoms with van der Waals surface area (Å²) in [4.78, 5) is 57.9. The average molecular weight is 743 g/mol. The molecule has 1 saturated heterocycles. The number of nitrogens with zero attached hydrogens (tertiary/aromatic N) is 2. The molecule has 7 rings (SSSR count). The molecule has 4 aromatic carbocycles. The van der Waals surface area contributed by atoms with Crippen LogP contribution in [0.25, 0.3) is 21.8 Å². The van der Waals surface area contributed by atoms with Crippen molar-refractivity contribution >= 4 is 46.0 Å². The molecule has 1 aliphatic heterocycles. The monoisotopic (exact) mass is 742 g/mol. The first-order valence-corrected chi connectivity index (χ1v) is 18.0. The van der Waals surface area contributed by atoms with Gasteiger partial charge in [-0.15, -0.1) is 0 Å². The van der Waals surface area contributed by atoms with E-state index < -0.39 is 55.2 Å². The first-order valence-electron chi connectivity index (χ1n) is 18.0. The summed E-state index contributed by atoms with van der Waals surface area (Å²) in [7, 11) is 0. The molecule has 3 heterocycles. The van der Waals surface area contributed by atoms with Gasteiger partial charge in [0, 0.05) is 22.8 Å². The van der Waals surface area contributed by atoms with Crippen LogP contribution in [0.2, 0.25) is 0 Å². The van der Waals surface area contributed by atoms with Gasteiger partial charge in [0.05, 0.1) is 23.3 Å². The van der Waals surface area contributed by atoms with Crippen molar-refractivity contribution in [3.63, 3.8) is 0 Å². The molecule has 12 heteroatoms. The SMILES string of the molecule is CCCCn1c2ccccc2c2cc(C=O)nc(OC3[C@@H](CO)O[C@@H](OC(=O)c4ccccc4)[C@H](OC(=O)c4ccccc4)[C@H]3OC(=O)c3ccccc3)c21. The van der Waals surface area contributed by atoms with Crippen LogP contribution < -0.4 is 4.74 Å². The minimum Gasteiger partial charge on any atom is -0.466 e. The van der Waals surface area contributed by atoms with E-state index in [4.69, 9.17) is 23.7 Å². The number of ether oxygens (including phenoxy) is 5. The number of aliphatic hydroxyl groups excluding tert-OH is 1. The normalized spacial score (nSPS) is 19.4. The number of aldehydes is 1. The zero-order chi connectivity index (χ0) is 38.3. The second kappa shape index (κ2) is 16.8. The van der Waals surface area contributed by atoms with E-state index in [0.717, 1.165) is 23.7 Å². The molecule has 0 radical (unpaired) electrons. The van der Waals surface area contributed by atoms with E-state index in [-0.39, 0.29) is 28.3 Å². The number of benzene rings is 4. The lowest BCUT2D eigenvalue weighted by molar-refractivity contribution is -0.279. The molecule has 0 aliphatic carbocycles. The maximum Gasteiger partial charge on any atom is 0.340 e. The van der Waals surface area contributed by atoms with Gasteiger partial charge in [-0.25, -0.2) is 19.4 Å². The van der Waals surface area contributed by atoms with Crippen molar-refractivity contribution in [3.05, 3.63) is 144 Å². The van der Waals surface area contributed by atoms with E-state index in [1.165, 1.54) is 24.3 Å². The number of para-hydroxylation sites is 1. The molecule has 1 aliphatic rings. The van der Waals surface area contributed by atoms with Gasteiger partial charge in [-0.05, 0) is 55.0 Å². The third kappa shape index (κ3) is 7.82. The molecule has 1 unspecified atom stereocenters. The first kappa shape index (κ1) is 37.0. The quantitative estimate of drug-likeness (QED) is 0.0777. The van der Waals surface area contributed by atoms with E-state index in [1.807, 2.05) is 28.8 Å². The molecule has 0 bridgehead atoms. The molecule has 1 fully saturated rings. The number of carbonyl (C=O) groups excluding carboxylic acids is 4. The Bertz CT molecular complexity index is 2290. The molecule has 12 nitrogen and oxygen atoms in total. The van der Waals surface area contributed by atoms with Gasteiger partial charge in [-0.2, -0.15) is 0 Å². The Morgan fingerprint density at radius 1 is 0.727 bits per heavy atom. The van der Waals surface area contributed by atoms with E-state index in [2.05, 4.69) is 11.9 Å². The summed E-state index contributed by atoms with van der Waals surface area (Å²) in [6.45, 7) is 1.95. The first-order chi connectivity index (χ1) is 26.9. The van der Waals surface area contributed by atoms with Crippen LogP contribution in [0.15, 0.2) is 121 Å². The molecule has 0 spiro atoms. The lowest BCUT2D eigenvalue weighted by Gasteiger charge is -2.43. The fourth-order valence-corrected chi connectivity index (χ4v) is 6.68. The number of esters is 3. The standard InChI is InChI=1S/C43H38N2O10/c1-2-3-23-45-33-22-14-13-21-31(33)32-24-30(25-46)44-39(35(32)45)52-36-34(26-47)51-43(55-42(50)29-19-11-6-12-20-29)38(54-41(49)28-17-9-5-10-18-28)37(36)53-40(48)27-15-7-4-8-16-27/h4-22,24-25,34,36-38,43,47H,2-3,23,26H2,1H3/t34-,36?,37+,38-,43+/m1/s1. The Kier molecular flexibility index (Phi) is 11.3. The zero-order valence-electron chi connectivity index (χ0n) is 29.9. The van der Waals surface area contributed by atoms with Crippen molar-refractivity contribution in [1.29, 1.82) is 0 Å².